The highest BCUT2D eigenvalue weighted by Crippen LogP contribution is 2.04. The summed E-state index contributed by atoms with van der Waals surface area (Å²) in [4.78, 5) is 33.5. The lowest BCUT2D eigenvalue weighted by atomic mass is 10.2. The second-order valence-corrected chi connectivity index (χ2v) is 4.51. The molecule has 0 heterocycles. The van der Waals surface area contributed by atoms with E-state index < -0.39 is 36.4 Å². The first-order chi connectivity index (χ1) is 9.90. The highest BCUT2D eigenvalue weighted by Gasteiger charge is 2.24. The molecule has 4 N–H and O–H groups in total. The van der Waals surface area contributed by atoms with Gasteiger partial charge in [-0.25, -0.2) is 4.79 Å². The number of benzene rings is 1. The van der Waals surface area contributed by atoms with Gasteiger partial charge in [0.25, 0.3) is 0 Å². The smallest absolute Gasteiger partial charge is 0.326 e. The molecule has 1 aromatic rings. The number of aliphatic carboxylic acids is 1. The summed E-state index contributed by atoms with van der Waals surface area (Å²) in [5, 5.41) is 11.1. The first-order valence-corrected chi connectivity index (χ1v) is 6.37. The Morgan fingerprint density at radius 1 is 1.29 bits per heavy atom. The van der Waals surface area contributed by atoms with E-state index in [2.05, 4.69) is 5.32 Å². The predicted molar refractivity (Wildman–Crippen MR) is 74.1 cm³/mol. The third kappa shape index (κ3) is 6.05. The van der Waals surface area contributed by atoms with E-state index in [1.54, 1.807) is 0 Å². The van der Waals surface area contributed by atoms with Crippen molar-refractivity contribution in [3.63, 3.8) is 0 Å². The van der Waals surface area contributed by atoms with Gasteiger partial charge in [0.1, 0.15) is 12.1 Å². The van der Waals surface area contributed by atoms with Crippen molar-refractivity contribution in [2.24, 2.45) is 5.73 Å². The molecule has 0 aliphatic rings. The van der Waals surface area contributed by atoms with Crippen LogP contribution in [0.4, 0.5) is 0 Å². The Labute approximate surface area is 122 Å². The molecule has 0 saturated heterocycles. The summed E-state index contributed by atoms with van der Waals surface area (Å²) in [6, 6.07) is 7.89. The van der Waals surface area contributed by atoms with Crippen LogP contribution in [0.1, 0.15) is 18.9 Å². The van der Waals surface area contributed by atoms with E-state index in [1.807, 2.05) is 30.3 Å². The molecule has 114 valence electrons. The van der Waals surface area contributed by atoms with E-state index >= 15 is 0 Å². The second kappa shape index (κ2) is 8.01. The first kappa shape index (κ1) is 16.6. The summed E-state index contributed by atoms with van der Waals surface area (Å²) in [5.74, 6) is -2.74. The number of amides is 2. The van der Waals surface area contributed by atoms with E-state index in [4.69, 9.17) is 15.6 Å². The lowest BCUT2D eigenvalue weighted by molar-refractivity contribution is -0.145. The fourth-order valence-corrected chi connectivity index (χ4v) is 1.56. The molecule has 2 atom stereocenters. The average Bonchev–Trinajstić information content (AvgIpc) is 2.44. The molecule has 0 spiro atoms. The Morgan fingerprint density at radius 3 is 2.43 bits per heavy atom. The van der Waals surface area contributed by atoms with Crippen LogP contribution in [0.3, 0.4) is 0 Å². The minimum Gasteiger partial charge on any atom is -0.480 e. The quantitative estimate of drug-likeness (QED) is 0.625. The summed E-state index contributed by atoms with van der Waals surface area (Å²) in [6.45, 7) is 1.73. The van der Waals surface area contributed by atoms with Crippen LogP contribution in [0, 0.1) is 0 Å². The number of nitrogens with two attached hydrogens (primary N) is 1. The molecular formula is C14H18N2O5. The van der Waals surface area contributed by atoms with Crippen LogP contribution >= 0.6 is 0 Å². The van der Waals surface area contributed by atoms with Crippen LogP contribution in [0.25, 0.3) is 0 Å². The van der Waals surface area contributed by atoms with Gasteiger partial charge >= 0.3 is 5.97 Å². The van der Waals surface area contributed by atoms with Crippen LogP contribution < -0.4 is 11.1 Å². The lowest BCUT2D eigenvalue weighted by Gasteiger charge is -2.17. The van der Waals surface area contributed by atoms with Gasteiger partial charge in [-0.15, -0.1) is 0 Å². The van der Waals surface area contributed by atoms with Gasteiger partial charge in [-0.2, -0.15) is 0 Å². The van der Waals surface area contributed by atoms with Crippen molar-refractivity contribution in [1.29, 1.82) is 0 Å². The zero-order valence-electron chi connectivity index (χ0n) is 11.6. The van der Waals surface area contributed by atoms with Gasteiger partial charge in [0.05, 0.1) is 13.0 Å². The zero-order chi connectivity index (χ0) is 15.8. The number of hydrogen-bond acceptors (Lipinski definition) is 4. The minimum absolute atomic E-state index is 0.225. The molecule has 7 heteroatoms. The van der Waals surface area contributed by atoms with Crippen molar-refractivity contribution in [2.75, 3.05) is 0 Å². The number of primary amides is 1. The van der Waals surface area contributed by atoms with Crippen molar-refractivity contribution >= 4 is 17.8 Å². The van der Waals surface area contributed by atoms with Gasteiger partial charge in [0, 0.05) is 0 Å². The molecule has 21 heavy (non-hydrogen) atoms. The van der Waals surface area contributed by atoms with Crippen LogP contribution in [0.2, 0.25) is 0 Å². The number of hydrogen-bond donors (Lipinski definition) is 3. The molecule has 0 aromatic heterocycles. The van der Waals surface area contributed by atoms with E-state index in [0.717, 1.165) is 5.56 Å². The van der Waals surface area contributed by atoms with Crippen LogP contribution in [0.5, 0.6) is 0 Å². The third-order valence-corrected chi connectivity index (χ3v) is 2.73. The molecule has 2 unspecified atom stereocenters. The summed E-state index contributed by atoms with van der Waals surface area (Å²) >= 11 is 0. The summed E-state index contributed by atoms with van der Waals surface area (Å²) in [6.07, 6.45) is -1.31. The molecule has 2 amide bonds. The predicted octanol–water partition coefficient (Wildman–Crippen LogP) is 0.0365. The number of rotatable bonds is 8. The van der Waals surface area contributed by atoms with Gasteiger partial charge < -0.3 is 20.9 Å². The van der Waals surface area contributed by atoms with Crippen molar-refractivity contribution in [1.82, 2.24) is 5.32 Å². The largest absolute Gasteiger partial charge is 0.480 e. The molecule has 1 aromatic carbocycles. The first-order valence-electron chi connectivity index (χ1n) is 6.37. The number of nitrogens with one attached hydrogen (secondary N) is 1. The summed E-state index contributed by atoms with van der Waals surface area (Å²) < 4.78 is 5.35. The monoisotopic (exact) mass is 294 g/mol. The number of carboxylic acid groups (broad SMARTS) is 1. The topological polar surface area (TPSA) is 119 Å². The van der Waals surface area contributed by atoms with Crippen LogP contribution in [-0.2, 0) is 25.7 Å². The number of carboxylic acids is 1. The average molecular weight is 294 g/mol. The van der Waals surface area contributed by atoms with E-state index in [-0.39, 0.29) is 6.61 Å². The molecule has 0 aliphatic heterocycles. The third-order valence-electron chi connectivity index (χ3n) is 2.73. The van der Waals surface area contributed by atoms with Crippen molar-refractivity contribution < 1.29 is 24.2 Å². The molecule has 0 saturated carbocycles. The van der Waals surface area contributed by atoms with Gasteiger partial charge in [-0.1, -0.05) is 30.3 Å². The van der Waals surface area contributed by atoms with E-state index in [1.165, 1.54) is 6.92 Å². The molecule has 0 bridgehead atoms. The van der Waals surface area contributed by atoms with Crippen molar-refractivity contribution in [2.45, 2.75) is 32.1 Å². The molecular weight excluding hydrogens is 276 g/mol. The lowest BCUT2D eigenvalue weighted by Crippen LogP contribution is -2.47. The minimum atomic E-state index is -1.35. The highest BCUT2D eigenvalue weighted by atomic mass is 16.5. The molecule has 0 radical (unpaired) electrons. The number of carbonyl (C=O) groups is 3. The van der Waals surface area contributed by atoms with Gasteiger partial charge in [0.2, 0.25) is 11.8 Å². The molecule has 7 nitrogen and oxygen atoms in total. The van der Waals surface area contributed by atoms with Gasteiger partial charge in [-0.3, -0.25) is 9.59 Å². The Balaban J connectivity index is 2.49. The maximum Gasteiger partial charge on any atom is 0.326 e. The zero-order valence-corrected chi connectivity index (χ0v) is 11.6. The van der Waals surface area contributed by atoms with Crippen LogP contribution in [0.15, 0.2) is 30.3 Å². The Bertz CT molecular complexity index is 503. The molecule has 0 aliphatic carbocycles. The SMILES string of the molecule is CC(OCc1ccccc1)C(=O)NC(CC(N)=O)C(=O)O. The maximum absolute atomic E-state index is 11.8. The van der Waals surface area contributed by atoms with E-state index in [9.17, 15) is 14.4 Å². The summed E-state index contributed by atoms with van der Waals surface area (Å²) in [5.41, 5.74) is 5.83. The van der Waals surface area contributed by atoms with Crippen molar-refractivity contribution in [3.8, 4) is 0 Å². The summed E-state index contributed by atoms with van der Waals surface area (Å²) in [7, 11) is 0. The molecule has 1 rings (SSSR count). The Morgan fingerprint density at radius 2 is 1.90 bits per heavy atom. The van der Waals surface area contributed by atoms with Gasteiger partial charge in [-0.05, 0) is 12.5 Å². The number of ether oxygens (including phenoxy) is 1. The standard InChI is InChI=1S/C14H18N2O5/c1-9(21-8-10-5-3-2-4-6-10)13(18)16-11(14(19)20)7-12(15)17/h2-6,9,11H,7-8H2,1H3,(H2,15,17)(H,16,18)(H,19,20). The normalized spacial score (nSPS) is 13.2. The Kier molecular flexibility index (Phi) is 6.35. The fourth-order valence-electron chi connectivity index (χ4n) is 1.56. The molecule has 0 fully saturated rings. The van der Waals surface area contributed by atoms with Gasteiger partial charge in [0.15, 0.2) is 0 Å². The maximum atomic E-state index is 11.8. The second-order valence-electron chi connectivity index (χ2n) is 4.51. The van der Waals surface area contributed by atoms with Crippen LogP contribution in [-0.4, -0.2) is 35.0 Å². The number of carbonyl (C=O) groups excluding carboxylic acids is 2. The highest BCUT2D eigenvalue weighted by molar-refractivity contribution is 5.89. The fraction of sp³-hybridized carbons (Fsp3) is 0.357. The van der Waals surface area contributed by atoms with Crippen molar-refractivity contribution in [3.05, 3.63) is 35.9 Å². The van der Waals surface area contributed by atoms with E-state index in [0.29, 0.717) is 0 Å². The Hall–Kier alpha value is -2.41.